The Bertz CT molecular complexity index is 1140. The van der Waals surface area contributed by atoms with Gasteiger partial charge in [-0.25, -0.2) is 4.68 Å². The van der Waals surface area contributed by atoms with E-state index in [1.165, 1.54) is 19.1 Å². The molecule has 2 aromatic carbocycles. The minimum Gasteiger partial charge on any atom is -0.455 e. The van der Waals surface area contributed by atoms with Gasteiger partial charge < -0.3 is 19.5 Å². The lowest BCUT2D eigenvalue weighted by Crippen LogP contribution is -2.22. The minimum atomic E-state index is -0.574. The highest BCUT2D eigenvalue weighted by Gasteiger charge is 2.21. The third kappa shape index (κ3) is 4.72. The first-order valence-electron chi connectivity index (χ1n) is 9.48. The number of Topliss-reactive ketones (excluding diaryl/α,β-unsaturated/α-hetero) is 1. The molecule has 0 saturated heterocycles. The lowest BCUT2D eigenvalue weighted by molar-refractivity contribution is -0.146. The highest BCUT2D eigenvalue weighted by molar-refractivity contribution is 6.05. The SMILES string of the molecule is CC(=O)c1cc2c(cc1NC(=O)COC(=O)Cc1cnn(-c3ccccc3)c1)OCO2. The van der Waals surface area contributed by atoms with Crippen LogP contribution in [0.15, 0.2) is 54.9 Å². The maximum Gasteiger partial charge on any atom is 0.310 e. The molecule has 3 aromatic rings. The number of nitrogens with one attached hydrogen (secondary N) is 1. The Balaban J connectivity index is 1.33. The molecule has 9 nitrogen and oxygen atoms in total. The van der Waals surface area contributed by atoms with Crippen LogP contribution in [0.3, 0.4) is 0 Å². The first-order valence-corrected chi connectivity index (χ1v) is 9.48. The van der Waals surface area contributed by atoms with E-state index in [4.69, 9.17) is 14.2 Å². The maximum atomic E-state index is 12.2. The molecule has 0 aliphatic carbocycles. The molecule has 2 heterocycles. The van der Waals surface area contributed by atoms with E-state index in [1.807, 2.05) is 30.3 Å². The molecule has 4 rings (SSSR count). The van der Waals surface area contributed by atoms with Crippen molar-refractivity contribution in [1.82, 2.24) is 9.78 Å². The summed E-state index contributed by atoms with van der Waals surface area (Å²) in [4.78, 5) is 36.2. The van der Waals surface area contributed by atoms with Gasteiger partial charge in [0.1, 0.15) is 0 Å². The second-order valence-electron chi connectivity index (χ2n) is 6.82. The van der Waals surface area contributed by atoms with Crippen molar-refractivity contribution in [2.24, 2.45) is 0 Å². The maximum absolute atomic E-state index is 12.2. The predicted octanol–water partition coefficient (Wildman–Crippen LogP) is 2.53. The van der Waals surface area contributed by atoms with Crippen molar-refractivity contribution in [1.29, 1.82) is 0 Å². The largest absolute Gasteiger partial charge is 0.455 e. The van der Waals surface area contributed by atoms with Crippen LogP contribution in [0.5, 0.6) is 11.5 Å². The molecule has 0 spiro atoms. The number of ether oxygens (including phenoxy) is 3. The molecule has 0 bridgehead atoms. The van der Waals surface area contributed by atoms with E-state index in [0.717, 1.165) is 5.69 Å². The van der Waals surface area contributed by atoms with Gasteiger partial charge >= 0.3 is 5.97 Å². The number of anilines is 1. The van der Waals surface area contributed by atoms with Gasteiger partial charge in [0, 0.05) is 23.4 Å². The molecular formula is C22H19N3O6. The van der Waals surface area contributed by atoms with Crippen molar-refractivity contribution in [3.05, 3.63) is 66.0 Å². The third-order valence-corrected chi connectivity index (χ3v) is 4.54. The lowest BCUT2D eigenvalue weighted by atomic mass is 10.1. The van der Waals surface area contributed by atoms with Crippen LogP contribution >= 0.6 is 0 Å². The Morgan fingerprint density at radius 2 is 1.87 bits per heavy atom. The first-order chi connectivity index (χ1) is 15.0. The summed E-state index contributed by atoms with van der Waals surface area (Å²) in [6.07, 6.45) is 3.27. The summed E-state index contributed by atoms with van der Waals surface area (Å²) >= 11 is 0. The molecule has 0 saturated carbocycles. The number of benzene rings is 2. The Morgan fingerprint density at radius 1 is 1.13 bits per heavy atom. The molecule has 1 N–H and O–H groups in total. The number of carbonyl (C=O) groups excluding carboxylic acids is 3. The summed E-state index contributed by atoms with van der Waals surface area (Å²) in [6, 6.07) is 12.5. The molecule has 1 aliphatic rings. The van der Waals surface area contributed by atoms with Gasteiger partial charge in [0.25, 0.3) is 5.91 Å². The van der Waals surface area contributed by atoms with Gasteiger partial charge in [-0.1, -0.05) is 18.2 Å². The average Bonchev–Trinajstić information content (AvgIpc) is 3.41. The van der Waals surface area contributed by atoms with E-state index in [0.29, 0.717) is 17.1 Å². The zero-order chi connectivity index (χ0) is 21.8. The van der Waals surface area contributed by atoms with Crippen molar-refractivity contribution in [3.63, 3.8) is 0 Å². The van der Waals surface area contributed by atoms with Crippen LogP contribution in [0.4, 0.5) is 5.69 Å². The Hall–Kier alpha value is -4.14. The molecular weight excluding hydrogens is 402 g/mol. The van der Waals surface area contributed by atoms with Crippen molar-refractivity contribution in [2.75, 3.05) is 18.7 Å². The van der Waals surface area contributed by atoms with Gasteiger partial charge in [-0.15, -0.1) is 0 Å². The Morgan fingerprint density at radius 3 is 2.61 bits per heavy atom. The number of nitrogens with zero attached hydrogens (tertiary/aromatic N) is 2. The van der Waals surface area contributed by atoms with Crippen LogP contribution in [0.25, 0.3) is 5.69 Å². The molecule has 1 aromatic heterocycles. The predicted molar refractivity (Wildman–Crippen MR) is 109 cm³/mol. The monoisotopic (exact) mass is 421 g/mol. The Labute approximate surface area is 177 Å². The van der Waals surface area contributed by atoms with Crippen LogP contribution in [0.1, 0.15) is 22.8 Å². The molecule has 31 heavy (non-hydrogen) atoms. The van der Waals surface area contributed by atoms with Crippen LogP contribution in [-0.4, -0.2) is 40.8 Å². The number of rotatable bonds is 7. The lowest BCUT2D eigenvalue weighted by Gasteiger charge is -2.11. The van der Waals surface area contributed by atoms with E-state index < -0.39 is 18.5 Å². The topological polar surface area (TPSA) is 109 Å². The molecule has 158 valence electrons. The summed E-state index contributed by atoms with van der Waals surface area (Å²) in [6.45, 7) is 0.933. The number of amides is 1. The zero-order valence-corrected chi connectivity index (χ0v) is 16.7. The van der Waals surface area contributed by atoms with Crippen molar-refractivity contribution >= 4 is 23.3 Å². The number of aromatic nitrogens is 2. The normalized spacial score (nSPS) is 11.8. The number of hydrogen-bond acceptors (Lipinski definition) is 7. The Kier molecular flexibility index (Phi) is 5.65. The van der Waals surface area contributed by atoms with E-state index in [1.54, 1.807) is 17.1 Å². The smallest absolute Gasteiger partial charge is 0.310 e. The fourth-order valence-electron chi connectivity index (χ4n) is 3.06. The molecule has 9 heteroatoms. The number of ketones is 1. The number of fused-ring (bicyclic) bond motifs is 1. The summed E-state index contributed by atoms with van der Waals surface area (Å²) < 4.78 is 17.2. The molecule has 0 unspecified atom stereocenters. The van der Waals surface area contributed by atoms with Crippen molar-refractivity contribution in [3.8, 4) is 17.2 Å². The fraction of sp³-hybridized carbons (Fsp3) is 0.182. The van der Waals surface area contributed by atoms with Gasteiger partial charge in [-0.3, -0.25) is 14.4 Å². The van der Waals surface area contributed by atoms with Gasteiger partial charge in [-0.05, 0) is 25.1 Å². The molecule has 1 aliphatic heterocycles. The first kappa shape index (κ1) is 20.1. The van der Waals surface area contributed by atoms with E-state index in [2.05, 4.69) is 10.4 Å². The van der Waals surface area contributed by atoms with Gasteiger partial charge in [0.2, 0.25) is 6.79 Å². The summed E-state index contributed by atoms with van der Waals surface area (Å²) in [5, 5.41) is 6.80. The summed E-state index contributed by atoms with van der Waals surface area (Å²) in [7, 11) is 0. The van der Waals surface area contributed by atoms with Crippen LogP contribution in [0, 0.1) is 0 Å². The molecule has 0 fully saturated rings. The standard InChI is InChI=1S/C22H19N3O6/c1-14(26)17-8-19-20(31-13-30-19)9-18(17)24-21(27)12-29-22(28)7-15-10-23-25(11-15)16-5-3-2-4-6-16/h2-6,8-11H,7,12-13H2,1H3,(H,24,27). The highest BCUT2D eigenvalue weighted by Crippen LogP contribution is 2.37. The number of carbonyl (C=O) groups is 3. The summed E-state index contributed by atoms with van der Waals surface area (Å²) in [5.41, 5.74) is 2.06. The quantitative estimate of drug-likeness (QED) is 0.461. The van der Waals surface area contributed by atoms with Crippen LogP contribution in [0.2, 0.25) is 0 Å². The fourth-order valence-corrected chi connectivity index (χ4v) is 3.06. The second-order valence-corrected chi connectivity index (χ2v) is 6.82. The molecule has 0 atom stereocenters. The molecule has 1 amide bonds. The number of hydrogen-bond donors (Lipinski definition) is 1. The zero-order valence-electron chi connectivity index (χ0n) is 16.7. The average molecular weight is 421 g/mol. The van der Waals surface area contributed by atoms with Gasteiger partial charge in [0.05, 0.1) is 24.0 Å². The third-order valence-electron chi connectivity index (χ3n) is 4.54. The number of para-hydroxylation sites is 1. The second kappa shape index (κ2) is 8.70. The van der Waals surface area contributed by atoms with E-state index in [-0.39, 0.29) is 30.2 Å². The van der Waals surface area contributed by atoms with Gasteiger partial charge in [-0.2, -0.15) is 5.10 Å². The van der Waals surface area contributed by atoms with Crippen LogP contribution < -0.4 is 14.8 Å². The van der Waals surface area contributed by atoms with Crippen molar-refractivity contribution < 1.29 is 28.6 Å². The molecule has 0 radical (unpaired) electrons. The summed E-state index contributed by atoms with van der Waals surface area (Å²) in [5.74, 6) is -0.533. The highest BCUT2D eigenvalue weighted by atomic mass is 16.7. The minimum absolute atomic E-state index is 0.0250. The van der Waals surface area contributed by atoms with Gasteiger partial charge in [0.15, 0.2) is 23.9 Å². The van der Waals surface area contributed by atoms with E-state index in [9.17, 15) is 14.4 Å². The number of esters is 1. The van der Waals surface area contributed by atoms with Crippen molar-refractivity contribution in [2.45, 2.75) is 13.3 Å². The van der Waals surface area contributed by atoms with Crippen LogP contribution in [-0.2, 0) is 20.7 Å². The van der Waals surface area contributed by atoms with E-state index >= 15 is 0 Å².